The SMILES string of the molecule is C/C=C(/C)C(=O)O[C@@H]1c2cc3c(c(OC)c2-c2c(cc(OC)c(OC)c2OC)[C@@H](OC(C)=O)[C@@H](C)[C@H]1C)OCO3. The summed E-state index contributed by atoms with van der Waals surface area (Å²) in [7, 11) is 6.05. The molecule has 0 aromatic heterocycles. The number of allylic oxidation sites excluding steroid dienone is 1. The molecule has 0 fully saturated rings. The maximum atomic E-state index is 13.2. The Labute approximate surface area is 234 Å². The van der Waals surface area contributed by atoms with Gasteiger partial charge >= 0.3 is 11.9 Å². The van der Waals surface area contributed by atoms with Crippen molar-refractivity contribution in [2.45, 2.75) is 46.8 Å². The number of fused-ring (bicyclic) bond motifs is 4. The molecule has 0 N–H and O–H groups in total. The van der Waals surface area contributed by atoms with Crippen LogP contribution in [0.1, 0.15) is 58.0 Å². The summed E-state index contributed by atoms with van der Waals surface area (Å²) in [5, 5.41) is 0. The quantitative estimate of drug-likeness (QED) is 0.318. The predicted molar refractivity (Wildman–Crippen MR) is 145 cm³/mol. The predicted octanol–water partition coefficient (Wildman–Crippen LogP) is 5.56. The highest BCUT2D eigenvalue weighted by atomic mass is 16.7. The van der Waals surface area contributed by atoms with Crippen LogP contribution in [-0.2, 0) is 19.1 Å². The Hall–Kier alpha value is -4.08. The van der Waals surface area contributed by atoms with Gasteiger partial charge in [0.1, 0.15) is 12.2 Å². The fourth-order valence-corrected chi connectivity index (χ4v) is 5.33. The van der Waals surface area contributed by atoms with E-state index in [-0.39, 0.29) is 18.6 Å². The molecule has 10 heteroatoms. The van der Waals surface area contributed by atoms with Crippen molar-refractivity contribution in [3.63, 3.8) is 0 Å². The van der Waals surface area contributed by atoms with E-state index < -0.39 is 24.1 Å². The molecule has 2 aromatic carbocycles. The number of methoxy groups -OCH3 is 4. The minimum atomic E-state index is -0.792. The molecule has 2 aromatic rings. The first kappa shape index (κ1) is 28.9. The molecule has 1 aliphatic heterocycles. The van der Waals surface area contributed by atoms with Gasteiger partial charge in [-0.05, 0) is 26.0 Å². The summed E-state index contributed by atoms with van der Waals surface area (Å²) >= 11 is 0. The van der Waals surface area contributed by atoms with E-state index in [1.807, 2.05) is 13.8 Å². The van der Waals surface area contributed by atoms with Gasteiger partial charge in [0.2, 0.25) is 18.3 Å². The molecule has 0 unspecified atom stereocenters. The monoisotopic (exact) mass is 556 g/mol. The van der Waals surface area contributed by atoms with Gasteiger partial charge in [-0.3, -0.25) is 4.79 Å². The van der Waals surface area contributed by atoms with Crippen LogP contribution in [0.15, 0.2) is 23.8 Å². The molecule has 2 aliphatic rings. The molecule has 4 rings (SSSR count). The van der Waals surface area contributed by atoms with Gasteiger partial charge in [-0.1, -0.05) is 19.9 Å². The number of carbonyl (C=O) groups excluding carboxylic acids is 2. The summed E-state index contributed by atoms with van der Waals surface area (Å²) in [5.74, 6) is 0.625. The summed E-state index contributed by atoms with van der Waals surface area (Å²) in [6.07, 6.45) is 0.126. The smallest absolute Gasteiger partial charge is 0.333 e. The molecular formula is C30H36O10. The first-order valence-electron chi connectivity index (χ1n) is 13.0. The summed E-state index contributed by atoms with van der Waals surface area (Å²) in [6, 6.07) is 3.58. The van der Waals surface area contributed by atoms with E-state index in [2.05, 4.69) is 0 Å². The third-order valence-corrected chi connectivity index (χ3v) is 7.64. The fraction of sp³-hybridized carbons (Fsp3) is 0.467. The first-order valence-corrected chi connectivity index (χ1v) is 13.0. The second-order valence-electron chi connectivity index (χ2n) is 9.76. The van der Waals surface area contributed by atoms with E-state index in [1.165, 1.54) is 35.4 Å². The number of esters is 2. The number of ether oxygens (including phenoxy) is 8. The second kappa shape index (κ2) is 11.6. The lowest BCUT2D eigenvalue weighted by Crippen LogP contribution is -2.31. The van der Waals surface area contributed by atoms with Gasteiger partial charge in [0.05, 0.1) is 28.4 Å². The molecule has 0 amide bonds. The van der Waals surface area contributed by atoms with Gasteiger partial charge in [-0.15, -0.1) is 0 Å². The van der Waals surface area contributed by atoms with Gasteiger partial charge < -0.3 is 37.9 Å². The average molecular weight is 557 g/mol. The molecule has 10 nitrogen and oxygen atoms in total. The third kappa shape index (κ3) is 4.76. The van der Waals surface area contributed by atoms with Crippen molar-refractivity contribution < 1.29 is 47.5 Å². The maximum Gasteiger partial charge on any atom is 0.333 e. The zero-order chi connectivity index (χ0) is 29.3. The lowest BCUT2D eigenvalue weighted by atomic mass is 9.74. The normalized spacial score (nSPS) is 21.3. The van der Waals surface area contributed by atoms with Crippen LogP contribution < -0.4 is 28.4 Å². The van der Waals surface area contributed by atoms with Crippen molar-refractivity contribution in [2.24, 2.45) is 11.8 Å². The highest BCUT2D eigenvalue weighted by Crippen LogP contribution is 2.60. The zero-order valence-electron chi connectivity index (χ0n) is 24.3. The van der Waals surface area contributed by atoms with Crippen LogP contribution in [0, 0.1) is 11.8 Å². The van der Waals surface area contributed by atoms with E-state index in [1.54, 1.807) is 32.1 Å². The number of carbonyl (C=O) groups is 2. The van der Waals surface area contributed by atoms with Crippen molar-refractivity contribution in [3.05, 3.63) is 34.9 Å². The Bertz CT molecular complexity index is 1340. The molecule has 0 bridgehead atoms. The van der Waals surface area contributed by atoms with Crippen LogP contribution in [0.4, 0.5) is 0 Å². The minimum Gasteiger partial charge on any atom is -0.493 e. The molecule has 0 spiro atoms. The van der Waals surface area contributed by atoms with Crippen LogP contribution >= 0.6 is 0 Å². The molecule has 40 heavy (non-hydrogen) atoms. The van der Waals surface area contributed by atoms with Gasteiger partial charge in [-0.2, -0.15) is 0 Å². The van der Waals surface area contributed by atoms with E-state index in [4.69, 9.17) is 37.9 Å². The zero-order valence-corrected chi connectivity index (χ0v) is 24.3. The standard InChI is InChI=1S/C30H36O10/c1-10-14(2)30(32)40-25-16(4)15(3)24(39-17(5)31)18-11-20(33-6)26(34-7)28(35-8)22(18)23-19(25)12-21-27(29(23)36-9)38-13-37-21/h10-12,15-16,24-25H,13H2,1-9H3/b14-10-/t15-,16+,24-,25-/m0/s1. The molecular weight excluding hydrogens is 520 g/mol. The largest absolute Gasteiger partial charge is 0.493 e. The van der Waals surface area contributed by atoms with Crippen LogP contribution in [0.25, 0.3) is 11.1 Å². The number of rotatable bonds is 7. The number of hydrogen-bond donors (Lipinski definition) is 0. The summed E-state index contributed by atoms with van der Waals surface area (Å²) in [6.45, 7) is 8.71. The van der Waals surface area contributed by atoms with Gasteiger partial charge in [-0.25, -0.2) is 4.79 Å². The summed E-state index contributed by atoms with van der Waals surface area (Å²) in [4.78, 5) is 25.6. The Morgan fingerprint density at radius 1 is 0.800 bits per heavy atom. The maximum absolute atomic E-state index is 13.2. The van der Waals surface area contributed by atoms with Crippen molar-refractivity contribution in [1.29, 1.82) is 0 Å². The van der Waals surface area contributed by atoms with Crippen molar-refractivity contribution >= 4 is 11.9 Å². The molecule has 4 atom stereocenters. The Kier molecular flexibility index (Phi) is 8.37. The molecule has 0 saturated carbocycles. The van der Waals surface area contributed by atoms with E-state index in [0.29, 0.717) is 62.3 Å². The lowest BCUT2D eigenvalue weighted by molar-refractivity contribution is -0.157. The van der Waals surface area contributed by atoms with E-state index in [0.717, 1.165) is 0 Å². The van der Waals surface area contributed by atoms with Crippen molar-refractivity contribution in [2.75, 3.05) is 35.2 Å². The minimum absolute atomic E-state index is 0.00528. The molecule has 1 aliphatic carbocycles. The summed E-state index contributed by atoms with van der Waals surface area (Å²) < 4.78 is 47.0. The van der Waals surface area contributed by atoms with Crippen LogP contribution in [0.5, 0.6) is 34.5 Å². The summed E-state index contributed by atoms with van der Waals surface area (Å²) in [5.41, 5.74) is 2.74. The molecule has 0 saturated heterocycles. The van der Waals surface area contributed by atoms with Crippen LogP contribution in [0.3, 0.4) is 0 Å². The molecule has 0 radical (unpaired) electrons. The second-order valence-corrected chi connectivity index (χ2v) is 9.76. The van der Waals surface area contributed by atoms with Gasteiger partial charge in [0, 0.05) is 46.6 Å². The highest BCUT2D eigenvalue weighted by molar-refractivity contribution is 5.91. The van der Waals surface area contributed by atoms with Crippen molar-refractivity contribution in [3.8, 4) is 45.6 Å². The van der Waals surface area contributed by atoms with Gasteiger partial charge in [0.25, 0.3) is 0 Å². The Morgan fingerprint density at radius 2 is 1.38 bits per heavy atom. The third-order valence-electron chi connectivity index (χ3n) is 7.64. The fourth-order valence-electron chi connectivity index (χ4n) is 5.33. The lowest BCUT2D eigenvalue weighted by Gasteiger charge is -2.38. The molecule has 1 heterocycles. The average Bonchev–Trinajstić information content (AvgIpc) is 3.43. The topological polar surface area (TPSA) is 108 Å². The Balaban J connectivity index is 2.20. The van der Waals surface area contributed by atoms with E-state index in [9.17, 15) is 9.59 Å². The molecule has 216 valence electrons. The number of hydrogen-bond acceptors (Lipinski definition) is 10. The van der Waals surface area contributed by atoms with Gasteiger partial charge in [0.15, 0.2) is 23.0 Å². The Morgan fingerprint density at radius 3 is 1.93 bits per heavy atom. The first-order chi connectivity index (χ1) is 19.1. The van der Waals surface area contributed by atoms with E-state index >= 15 is 0 Å². The van der Waals surface area contributed by atoms with Crippen LogP contribution in [-0.4, -0.2) is 47.2 Å². The van der Waals surface area contributed by atoms with Crippen LogP contribution in [0.2, 0.25) is 0 Å². The van der Waals surface area contributed by atoms with Crippen molar-refractivity contribution in [1.82, 2.24) is 0 Å². The highest BCUT2D eigenvalue weighted by Gasteiger charge is 2.44. The number of benzene rings is 2.